The molecule has 1 aliphatic heterocycles. The lowest BCUT2D eigenvalue weighted by Gasteiger charge is -2.35. The van der Waals surface area contributed by atoms with Crippen molar-refractivity contribution in [1.29, 1.82) is 0 Å². The number of methoxy groups -OCH3 is 1. The molecule has 0 aliphatic carbocycles. The molecule has 1 rings (SSSR count). The summed E-state index contributed by atoms with van der Waals surface area (Å²) in [5.74, 6) is 0.0343. The number of β-amino-alcohol motifs (C(OH)–C–C–N with tert-alkyl or cyclic N) is 1. The Balaban J connectivity index is 2.20. The number of carbonyl (C=O) groups excluding carboxylic acids is 1. The van der Waals surface area contributed by atoms with Gasteiger partial charge in [-0.3, -0.25) is 9.69 Å². The van der Waals surface area contributed by atoms with E-state index < -0.39 is 6.10 Å². The smallest absolute Gasteiger partial charge is 0.248 e. The highest BCUT2D eigenvalue weighted by molar-refractivity contribution is 5.77. The molecule has 1 heterocycles. The van der Waals surface area contributed by atoms with Crippen LogP contribution in [0.2, 0.25) is 0 Å². The number of aliphatic hydroxyl groups is 1. The van der Waals surface area contributed by atoms with Crippen molar-refractivity contribution in [3.05, 3.63) is 0 Å². The first-order valence-electron chi connectivity index (χ1n) is 6.42. The maximum absolute atomic E-state index is 11.6. The van der Waals surface area contributed by atoms with Crippen molar-refractivity contribution in [2.45, 2.75) is 13.0 Å². The van der Waals surface area contributed by atoms with Crippen molar-refractivity contribution >= 4 is 5.91 Å². The number of hydrogen-bond acceptors (Lipinski definition) is 5. The van der Waals surface area contributed by atoms with Gasteiger partial charge in [-0.15, -0.1) is 0 Å². The third kappa shape index (κ3) is 5.30. The number of nitrogens with zero attached hydrogens (tertiary/aromatic N) is 2. The van der Waals surface area contributed by atoms with Crippen LogP contribution in [-0.2, 0) is 14.3 Å². The van der Waals surface area contributed by atoms with Crippen LogP contribution in [0.1, 0.15) is 6.92 Å². The molecular weight excluding hydrogens is 236 g/mol. The topological polar surface area (TPSA) is 62.2 Å². The highest BCUT2D eigenvalue weighted by atomic mass is 16.5. The van der Waals surface area contributed by atoms with Crippen molar-refractivity contribution in [1.82, 2.24) is 9.80 Å². The number of ether oxygens (including phenoxy) is 2. The highest BCUT2D eigenvalue weighted by Gasteiger charge is 2.22. The van der Waals surface area contributed by atoms with E-state index in [-0.39, 0.29) is 12.5 Å². The van der Waals surface area contributed by atoms with Gasteiger partial charge >= 0.3 is 0 Å². The summed E-state index contributed by atoms with van der Waals surface area (Å²) < 4.78 is 10.0. The lowest BCUT2D eigenvalue weighted by molar-refractivity contribution is -0.137. The van der Waals surface area contributed by atoms with Crippen LogP contribution in [-0.4, -0.2) is 86.6 Å². The van der Waals surface area contributed by atoms with Crippen LogP contribution in [0.4, 0.5) is 0 Å². The molecule has 0 saturated carbocycles. The van der Waals surface area contributed by atoms with Crippen LogP contribution >= 0.6 is 0 Å². The van der Waals surface area contributed by atoms with Gasteiger partial charge in [0.15, 0.2) is 0 Å². The molecule has 6 nitrogen and oxygen atoms in total. The average molecular weight is 260 g/mol. The summed E-state index contributed by atoms with van der Waals surface area (Å²) in [5, 5.41) is 9.72. The SMILES string of the molecule is CCOCC(O)CN1CCN(C(=O)COC)CC1. The molecule has 0 spiro atoms. The molecule has 0 aromatic heterocycles. The number of rotatable bonds is 7. The van der Waals surface area contributed by atoms with E-state index in [1.807, 2.05) is 6.92 Å². The molecule has 1 fully saturated rings. The van der Waals surface area contributed by atoms with Crippen LogP contribution in [0.5, 0.6) is 0 Å². The van der Waals surface area contributed by atoms with Crippen molar-refractivity contribution in [2.24, 2.45) is 0 Å². The summed E-state index contributed by atoms with van der Waals surface area (Å²) in [6.45, 7) is 6.63. The van der Waals surface area contributed by atoms with E-state index in [0.29, 0.717) is 32.8 Å². The van der Waals surface area contributed by atoms with Gasteiger partial charge in [0.1, 0.15) is 6.61 Å². The van der Waals surface area contributed by atoms with Gasteiger partial charge in [-0.25, -0.2) is 0 Å². The van der Waals surface area contributed by atoms with Crippen LogP contribution in [0.25, 0.3) is 0 Å². The van der Waals surface area contributed by atoms with Crippen molar-refractivity contribution in [3.63, 3.8) is 0 Å². The normalized spacial score (nSPS) is 18.9. The summed E-state index contributed by atoms with van der Waals surface area (Å²) in [6, 6.07) is 0. The molecule has 0 radical (unpaired) electrons. The lowest BCUT2D eigenvalue weighted by Crippen LogP contribution is -2.51. The van der Waals surface area contributed by atoms with E-state index >= 15 is 0 Å². The zero-order valence-electron chi connectivity index (χ0n) is 11.3. The lowest BCUT2D eigenvalue weighted by atomic mass is 10.2. The molecule has 0 aromatic rings. The van der Waals surface area contributed by atoms with Crippen LogP contribution in [0.3, 0.4) is 0 Å². The second-order valence-corrected chi connectivity index (χ2v) is 4.43. The van der Waals surface area contributed by atoms with E-state index in [4.69, 9.17) is 9.47 Å². The summed E-state index contributed by atoms with van der Waals surface area (Å²) in [7, 11) is 1.53. The zero-order chi connectivity index (χ0) is 13.4. The monoisotopic (exact) mass is 260 g/mol. The molecule has 1 amide bonds. The number of aliphatic hydroxyl groups excluding tert-OH is 1. The zero-order valence-corrected chi connectivity index (χ0v) is 11.3. The van der Waals surface area contributed by atoms with Crippen LogP contribution in [0, 0.1) is 0 Å². The van der Waals surface area contributed by atoms with Gasteiger partial charge in [-0.2, -0.15) is 0 Å². The van der Waals surface area contributed by atoms with E-state index in [9.17, 15) is 9.90 Å². The minimum atomic E-state index is -0.453. The maximum Gasteiger partial charge on any atom is 0.248 e. The van der Waals surface area contributed by atoms with Gasteiger partial charge < -0.3 is 19.5 Å². The fourth-order valence-electron chi connectivity index (χ4n) is 2.00. The summed E-state index contributed by atoms with van der Waals surface area (Å²) in [6.07, 6.45) is -0.453. The van der Waals surface area contributed by atoms with E-state index in [1.54, 1.807) is 4.90 Å². The fourth-order valence-corrected chi connectivity index (χ4v) is 2.00. The predicted molar refractivity (Wildman–Crippen MR) is 67.4 cm³/mol. The van der Waals surface area contributed by atoms with Gasteiger partial charge in [0, 0.05) is 46.4 Å². The van der Waals surface area contributed by atoms with Crippen LogP contribution in [0.15, 0.2) is 0 Å². The molecule has 1 unspecified atom stereocenters. The molecular formula is C12H24N2O4. The highest BCUT2D eigenvalue weighted by Crippen LogP contribution is 2.03. The molecule has 18 heavy (non-hydrogen) atoms. The molecule has 1 aliphatic rings. The molecule has 1 saturated heterocycles. The second kappa shape index (κ2) is 8.42. The first-order chi connectivity index (χ1) is 8.67. The Morgan fingerprint density at radius 3 is 2.56 bits per heavy atom. The second-order valence-electron chi connectivity index (χ2n) is 4.43. The molecule has 1 atom stereocenters. The van der Waals surface area contributed by atoms with Crippen molar-refractivity contribution in [2.75, 3.05) is 59.7 Å². The third-order valence-electron chi connectivity index (χ3n) is 2.98. The van der Waals surface area contributed by atoms with Gasteiger partial charge in [0.25, 0.3) is 0 Å². The van der Waals surface area contributed by atoms with Gasteiger partial charge in [0.2, 0.25) is 5.91 Å². The van der Waals surface area contributed by atoms with Gasteiger partial charge in [0.05, 0.1) is 12.7 Å². The molecule has 0 aromatic carbocycles. The summed E-state index contributed by atoms with van der Waals surface area (Å²) in [5.41, 5.74) is 0. The Labute approximate surface area is 108 Å². The van der Waals surface area contributed by atoms with Gasteiger partial charge in [-0.05, 0) is 6.92 Å². The van der Waals surface area contributed by atoms with E-state index in [0.717, 1.165) is 13.1 Å². The first kappa shape index (κ1) is 15.4. The quantitative estimate of drug-likeness (QED) is 0.648. The summed E-state index contributed by atoms with van der Waals surface area (Å²) >= 11 is 0. The molecule has 6 heteroatoms. The molecule has 0 bridgehead atoms. The van der Waals surface area contributed by atoms with E-state index in [2.05, 4.69) is 4.90 Å². The number of hydrogen-bond donors (Lipinski definition) is 1. The van der Waals surface area contributed by atoms with Crippen molar-refractivity contribution < 1.29 is 19.4 Å². The largest absolute Gasteiger partial charge is 0.389 e. The Hall–Kier alpha value is -0.690. The van der Waals surface area contributed by atoms with Crippen molar-refractivity contribution in [3.8, 4) is 0 Å². The Morgan fingerprint density at radius 1 is 1.33 bits per heavy atom. The Bertz CT molecular complexity index is 242. The maximum atomic E-state index is 11.6. The predicted octanol–water partition coefficient (Wildman–Crippen LogP) is -0.826. The van der Waals surface area contributed by atoms with E-state index in [1.165, 1.54) is 7.11 Å². The Kier molecular flexibility index (Phi) is 7.19. The fraction of sp³-hybridized carbons (Fsp3) is 0.917. The standard InChI is InChI=1S/C12H24N2O4/c1-3-18-9-11(15)8-13-4-6-14(7-5-13)12(16)10-17-2/h11,15H,3-10H2,1-2H3. The summed E-state index contributed by atoms with van der Waals surface area (Å²) in [4.78, 5) is 15.5. The first-order valence-corrected chi connectivity index (χ1v) is 6.42. The van der Waals surface area contributed by atoms with Gasteiger partial charge in [-0.1, -0.05) is 0 Å². The number of carbonyl (C=O) groups is 1. The minimum Gasteiger partial charge on any atom is -0.389 e. The number of piperazine rings is 1. The Morgan fingerprint density at radius 2 is 2.00 bits per heavy atom. The average Bonchev–Trinajstić information content (AvgIpc) is 2.37. The van der Waals surface area contributed by atoms with Crippen LogP contribution < -0.4 is 0 Å². The molecule has 1 N–H and O–H groups in total. The number of amides is 1. The minimum absolute atomic E-state index is 0.0343. The molecule has 106 valence electrons. The third-order valence-corrected chi connectivity index (χ3v) is 2.98.